The molecule has 4 nitrogen and oxygen atoms in total. The van der Waals surface area contributed by atoms with E-state index in [1.165, 1.54) is 17.2 Å². The van der Waals surface area contributed by atoms with Crippen LogP contribution in [0.15, 0.2) is 65.3 Å². The highest BCUT2D eigenvalue weighted by Crippen LogP contribution is 2.42. The molecule has 1 aliphatic heterocycles. The minimum absolute atomic E-state index is 0.0794. The van der Waals surface area contributed by atoms with Crippen molar-refractivity contribution in [2.24, 2.45) is 5.92 Å². The van der Waals surface area contributed by atoms with E-state index < -0.39 is 0 Å². The molecular formula is C31H33NO3. The van der Waals surface area contributed by atoms with Crippen LogP contribution in [0.1, 0.15) is 44.7 Å². The second kappa shape index (κ2) is 9.61. The Morgan fingerprint density at radius 3 is 2.74 bits per heavy atom. The van der Waals surface area contributed by atoms with Crippen LogP contribution in [-0.2, 0) is 4.79 Å². The molecule has 0 saturated carbocycles. The number of carbonyl (C=O) groups is 1. The molecule has 1 aliphatic rings. The molecular weight excluding hydrogens is 434 g/mol. The number of benzene rings is 3. The van der Waals surface area contributed by atoms with Crippen molar-refractivity contribution in [1.29, 1.82) is 0 Å². The number of fused-ring (bicyclic) bond motifs is 2. The number of furan rings is 1. The van der Waals surface area contributed by atoms with Gasteiger partial charge in [0.2, 0.25) is 5.91 Å². The van der Waals surface area contributed by atoms with Crippen LogP contribution in [0, 0.1) is 12.8 Å². The number of rotatable bonds is 5. The lowest BCUT2D eigenvalue weighted by Crippen LogP contribution is -2.38. The molecule has 1 atom stereocenters. The molecule has 1 fully saturated rings. The van der Waals surface area contributed by atoms with Gasteiger partial charge in [0.1, 0.15) is 11.3 Å². The van der Waals surface area contributed by atoms with Crippen molar-refractivity contribution >= 4 is 33.2 Å². The van der Waals surface area contributed by atoms with Gasteiger partial charge in [0.25, 0.3) is 0 Å². The van der Waals surface area contributed by atoms with Gasteiger partial charge < -0.3 is 14.1 Å². The third kappa shape index (κ3) is 4.34. The first kappa shape index (κ1) is 23.2. The van der Waals surface area contributed by atoms with E-state index in [0.717, 1.165) is 64.1 Å². The van der Waals surface area contributed by atoms with Crippen LogP contribution >= 0.6 is 0 Å². The van der Waals surface area contributed by atoms with Crippen molar-refractivity contribution < 1.29 is 13.9 Å². The lowest BCUT2D eigenvalue weighted by atomic mass is 9.94. The van der Waals surface area contributed by atoms with Crippen LogP contribution in [0.2, 0.25) is 0 Å². The zero-order valence-corrected chi connectivity index (χ0v) is 21.1. The fourth-order valence-corrected chi connectivity index (χ4v) is 5.35. The first-order valence-corrected chi connectivity index (χ1v) is 12.6. The lowest BCUT2D eigenvalue weighted by Gasteiger charge is -2.30. The van der Waals surface area contributed by atoms with Gasteiger partial charge in [-0.3, -0.25) is 4.79 Å². The van der Waals surface area contributed by atoms with Gasteiger partial charge in [-0.05, 0) is 67.5 Å². The maximum atomic E-state index is 13.1. The average Bonchev–Trinajstić information content (AvgIpc) is 3.29. The molecule has 0 aliphatic carbocycles. The summed E-state index contributed by atoms with van der Waals surface area (Å²) in [4.78, 5) is 15.1. The van der Waals surface area contributed by atoms with Crippen molar-refractivity contribution in [1.82, 2.24) is 4.90 Å². The molecule has 2 heterocycles. The summed E-state index contributed by atoms with van der Waals surface area (Å²) in [5.74, 6) is 1.41. The molecule has 0 bridgehead atoms. The van der Waals surface area contributed by atoms with Gasteiger partial charge in [-0.15, -0.1) is 0 Å². The van der Waals surface area contributed by atoms with E-state index in [1.807, 2.05) is 31.9 Å². The van der Waals surface area contributed by atoms with Gasteiger partial charge in [-0.25, -0.2) is 0 Å². The summed E-state index contributed by atoms with van der Waals surface area (Å²) < 4.78 is 12.2. The third-order valence-electron chi connectivity index (χ3n) is 7.15. The minimum Gasteiger partial charge on any atom is -0.493 e. The average molecular weight is 468 g/mol. The van der Waals surface area contributed by atoms with E-state index in [9.17, 15) is 4.79 Å². The van der Waals surface area contributed by atoms with Gasteiger partial charge in [-0.2, -0.15) is 0 Å². The van der Waals surface area contributed by atoms with Crippen LogP contribution < -0.4 is 4.74 Å². The zero-order valence-electron chi connectivity index (χ0n) is 21.1. The van der Waals surface area contributed by atoms with Gasteiger partial charge >= 0.3 is 0 Å². The topological polar surface area (TPSA) is 42.7 Å². The molecule has 1 unspecified atom stereocenters. The van der Waals surface area contributed by atoms with Crippen LogP contribution in [0.5, 0.6) is 5.75 Å². The van der Waals surface area contributed by atoms with Gasteiger partial charge in [-0.1, -0.05) is 49.4 Å². The highest BCUT2D eigenvalue weighted by atomic mass is 16.5. The standard InChI is InChI=1S/C31H33NO3/c1-5-34-30-22(4)31-27(17-26(30)21(3)16-29(33)32-15-9-10-20(2)18-32)28(19-35-31)25-14-8-12-23-11-6-7-13-24(23)25/h6-8,11-14,16-17,19-20H,5,9-10,15,18H2,1-4H3/b21-16+. The molecule has 3 aromatic carbocycles. The number of carbonyl (C=O) groups excluding carboxylic acids is 1. The number of ether oxygens (including phenoxy) is 1. The first-order valence-electron chi connectivity index (χ1n) is 12.6. The van der Waals surface area contributed by atoms with E-state index >= 15 is 0 Å². The van der Waals surface area contributed by atoms with Crippen molar-refractivity contribution in [2.45, 2.75) is 40.5 Å². The smallest absolute Gasteiger partial charge is 0.246 e. The molecule has 0 radical (unpaired) electrons. The molecule has 1 saturated heterocycles. The molecule has 4 aromatic rings. The summed E-state index contributed by atoms with van der Waals surface area (Å²) in [7, 11) is 0. The Morgan fingerprint density at radius 1 is 1.14 bits per heavy atom. The van der Waals surface area contributed by atoms with E-state index in [0.29, 0.717) is 12.5 Å². The monoisotopic (exact) mass is 467 g/mol. The summed E-state index contributed by atoms with van der Waals surface area (Å²) in [6, 6.07) is 16.9. The maximum absolute atomic E-state index is 13.1. The number of hydrogen-bond acceptors (Lipinski definition) is 3. The fraction of sp³-hybridized carbons (Fsp3) is 0.323. The summed E-state index contributed by atoms with van der Waals surface area (Å²) in [5.41, 5.74) is 5.82. The molecule has 180 valence electrons. The second-order valence-electron chi connectivity index (χ2n) is 9.72. The first-order chi connectivity index (χ1) is 17.0. The van der Waals surface area contributed by atoms with Crippen molar-refractivity contribution in [3.8, 4) is 16.9 Å². The highest BCUT2D eigenvalue weighted by Gasteiger charge is 2.22. The summed E-state index contributed by atoms with van der Waals surface area (Å²) >= 11 is 0. The number of allylic oxidation sites excluding steroid dienone is 1. The molecule has 35 heavy (non-hydrogen) atoms. The molecule has 0 spiro atoms. The summed E-state index contributed by atoms with van der Waals surface area (Å²) in [6.45, 7) is 10.4. The van der Waals surface area contributed by atoms with Gasteiger partial charge in [0.05, 0.1) is 12.9 Å². The van der Waals surface area contributed by atoms with Crippen LogP contribution in [0.3, 0.4) is 0 Å². The Morgan fingerprint density at radius 2 is 1.94 bits per heavy atom. The Bertz CT molecular complexity index is 1420. The van der Waals surface area contributed by atoms with Crippen LogP contribution in [-0.4, -0.2) is 30.5 Å². The number of hydrogen-bond donors (Lipinski definition) is 0. The molecule has 1 amide bonds. The van der Waals surface area contributed by atoms with Crippen LogP contribution in [0.25, 0.3) is 38.4 Å². The predicted octanol–water partition coefficient (Wildman–Crippen LogP) is 7.62. The number of amides is 1. The lowest BCUT2D eigenvalue weighted by molar-refractivity contribution is -0.127. The van der Waals surface area contributed by atoms with E-state index in [-0.39, 0.29) is 5.91 Å². The normalized spacial score (nSPS) is 16.7. The predicted molar refractivity (Wildman–Crippen MR) is 144 cm³/mol. The number of likely N-dealkylation sites (tertiary alicyclic amines) is 1. The molecule has 4 heteroatoms. The Kier molecular flexibility index (Phi) is 6.38. The van der Waals surface area contributed by atoms with E-state index in [4.69, 9.17) is 9.15 Å². The van der Waals surface area contributed by atoms with Crippen molar-refractivity contribution in [2.75, 3.05) is 19.7 Å². The van der Waals surface area contributed by atoms with Crippen LogP contribution in [0.4, 0.5) is 0 Å². The zero-order chi connectivity index (χ0) is 24.5. The largest absolute Gasteiger partial charge is 0.493 e. The molecule has 5 rings (SSSR count). The van der Waals surface area contributed by atoms with Gasteiger partial charge in [0.15, 0.2) is 0 Å². The SMILES string of the molecule is CCOc1c(/C(C)=C/C(=O)N2CCCC(C)C2)cc2c(-c3cccc4ccccc34)coc2c1C. The molecule has 1 aromatic heterocycles. The number of nitrogens with zero attached hydrogens (tertiary/aromatic N) is 1. The number of aryl methyl sites for hydroxylation is 1. The Balaban J connectivity index is 1.64. The highest BCUT2D eigenvalue weighted by molar-refractivity contribution is 6.07. The second-order valence-corrected chi connectivity index (χ2v) is 9.72. The van der Waals surface area contributed by atoms with Gasteiger partial charge in [0, 0.05) is 41.2 Å². The van der Waals surface area contributed by atoms with E-state index in [1.54, 1.807) is 6.08 Å². The Hall–Kier alpha value is -3.53. The maximum Gasteiger partial charge on any atom is 0.246 e. The Labute approximate surface area is 207 Å². The van der Waals surface area contributed by atoms with Crippen molar-refractivity contribution in [3.05, 3.63) is 72.0 Å². The molecule has 0 N–H and O–H groups in total. The third-order valence-corrected chi connectivity index (χ3v) is 7.15. The summed E-state index contributed by atoms with van der Waals surface area (Å²) in [6.07, 6.45) is 5.88. The quantitative estimate of drug-likeness (QED) is 0.284. The number of piperidine rings is 1. The fourth-order valence-electron chi connectivity index (χ4n) is 5.35. The van der Waals surface area contributed by atoms with Crippen molar-refractivity contribution in [3.63, 3.8) is 0 Å². The minimum atomic E-state index is 0.0794. The van der Waals surface area contributed by atoms with E-state index in [2.05, 4.69) is 55.5 Å². The summed E-state index contributed by atoms with van der Waals surface area (Å²) in [5, 5.41) is 3.41.